The molecule has 1 fully saturated rings. The Bertz CT molecular complexity index is 1710. The average molecular weight is 559 g/mol. The first kappa shape index (κ1) is 26.8. The molecule has 2 aromatic carbocycles. The molecule has 5 aromatic rings. The summed E-state index contributed by atoms with van der Waals surface area (Å²) in [4.78, 5) is 24.5. The number of likely N-dealkylation sites (tertiary alicyclic amines) is 1. The summed E-state index contributed by atoms with van der Waals surface area (Å²) in [7, 11) is 0. The highest BCUT2D eigenvalue weighted by Gasteiger charge is 2.31. The highest BCUT2D eigenvalue weighted by molar-refractivity contribution is 6.05. The van der Waals surface area contributed by atoms with Crippen LogP contribution < -0.4 is 5.32 Å². The van der Waals surface area contributed by atoms with Crippen molar-refractivity contribution in [3.63, 3.8) is 0 Å². The zero-order valence-corrected chi connectivity index (χ0v) is 22.5. The number of rotatable bonds is 7. The number of halogens is 3. The van der Waals surface area contributed by atoms with Gasteiger partial charge in [-0.3, -0.25) is 9.20 Å². The molecule has 7 nitrogen and oxygen atoms in total. The van der Waals surface area contributed by atoms with Gasteiger partial charge >= 0.3 is 6.18 Å². The van der Waals surface area contributed by atoms with Gasteiger partial charge in [-0.1, -0.05) is 12.1 Å². The molecule has 1 aliphatic heterocycles. The third-order valence-electron chi connectivity index (χ3n) is 7.51. The summed E-state index contributed by atoms with van der Waals surface area (Å²) in [6, 6.07) is 14.4. The van der Waals surface area contributed by atoms with E-state index in [1.165, 1.54) is 25.2 Å². The van der Waals surface area contributed by atoms with Crippen LogP contribution in [-0.4, -0.2) is 49.4 Å². The van der Waals surface area contributed by atoms with Gasteiger partial charge in [0.2, 0.25) is 0 Å². The average Bonchev–Trinajstić information content (AvgIpc) is 3.73. The molecule has 1 saturated heterocycles. The number of carbonyl (C=O) groups is 1. The van der Waals surface area contributed by atoms with Crippen LogP contribution in [-0.2, 0) is 12.6 Å². The number of pyridine rings is 1. The molecule has 0 saturated carbocycles. The van der Waals surface area contributed by atoms with Crippen molar-refractivity contribution in [2.45, 2.75) is 32.4 Å². The molecule has 0 unspecified atom stereocenters. The van der Waals surface area contributed by atoms with Gasteiger partial charge in [0.05, 0.1) is 29.5 Å². The smallest absolute Gasteiger partial charge is 0.322 e. The van der Waals surface area contributed by atoms with Gasteiger partial charge in [-0.25, -0.2) is 9.97 Å². The van der Waals surface area contributed by atoms with Crippen molar-refractivity contribution in [3.8, 4) is 16.9 Å². The normalized spacial score (nSPS) is 14.1. The van der Waals surface area contributed by atoms with E-state index in [9.17, 15) is 18.0 Å². The Hall–Kier alpha value is -4.44. The Morgan fingerprint density at radius 2 is 1.85 bits per heavy atom. The molecule has 0 atom stereocenters. The van der Waals surface area contributed by atoms with Gasteiger partial charge in [0.25, 0.3) is 5.91 Å². The fourth-order valence-corrected chi connectivity index (χ4v) is 5.28. The van der Waals surface area contributed by atoms with Gasteiger partial charge in [0.1, 0.15) is 5.65 Å². The maximum atomic E-state index is 13.9. The Labute approximate surface area is 235 Å². The quantitative estimate of drug-likeness (QED) is 0.251. The summed E-state index contributed by atoms with van der Waals surface area (Å²) in [5, 5.41) is 2.68. The fourth-order valence-electron chi connectivity index (χ4n) is 5.28. The molecule has 0 bridgehead atoms. The summed E-state index contributed by atoms with van der Waals surface area (Å²) in [5.41, 5.74) is 3.92. The minimum Gasteiger partial charge on any atom is -0.322 e. The fraction of sp³-hybridized carbons (Fsp3) is 0.258. The molecule has 6 rings (SSSR count). The molecule has 41 heavy (non-hydrogen) atoms. The number of benzene rings is 2. The first-order valence-electron chi connectivity index (χ1n) is 13.6. The second kappa shape index (κ2) is 10.9. The number of carbonyl (C=O) groups excluding carboxylic acids is 1. The van der Waals surface area contributed by atoms with Crippen LogP contribution in [0, 0.1) is 6.92 Å². The van der Waals surface area contributed by atoms with Crippen LogP contribution in [0.1, 0.15) is 40.0 Å². The predicted molar refractivity (Wildman–Crippen MR) is 151 cm³/mol. The number of alkyl halides is 3. The van der Waals surface area contributed by atoms with Crippen molar-refractivity contribution >= 4 is 17.2 Å². The lowest BCUT2D eigenvalue weighted by Crippen LogP contribution is -2.22. The molecule has 3 aromatic heterocycles. The second-order valence-corrected chi connectivity index (χ2v) is 10.4. The number of aryl methyl sites for hydroxylation is 1. The Kier molecular flexibility index (Phi) is 7.08. The van der Waals surface area contributed by atoms with Crippen LogP contribution >= 0.6 is 0 Å². The van der Waals surface area contributed by atoms with E-state index in [1.54, 1.807) is 29.1 Å². The third kappa shape index (κ3) is 5.74. The molecule has 4 heterocycles. The minimum atomic E-state index is -4.59. The van der Waals surface area contributed by atoms with Crippen molar-refractivity contribution in [3.05, 3.63) is 102 Å². The van der Waals surface area contributed by atoms with Crippen molar-refractivity contribution < 1.29 is 18.0 Å². The number of hydrogen-bond donors (Lipinski definition) is 1. The summed E-state index contributed by atoms with van der Waals surface area (Å²) in [6.45, 7) is 4.94. The molecule has 0 spiro atoms. The zero-order chi connectivity index (χ0) is 28.6. The van der Waals surface area contributed by atoms with E-state index in [-0.39, 0.29) is 11.4 Å². The number of anilines is 1. The lowest BCUT2D eigenvalue weighted by Gasteiger charge is -2.14. The lowest BCUT2D eigenvalue weighted by atomic mass is 10.0. The van der Waals surface area contributed by atoms with Gasteiger partial charge in [-0.15, -0.1) is 0 Å². The Morgan fingerprint density at radius 1 is 1.02 bits per heavy atom. The molecule has 1 amide bonds. The standard InChI is InChI=1S/C31H29F3N6O/c1-21-7-8-22(14-27(21)28-18-35-29-6-2-3-12-40(28)29)30(41)37-25-15-23(31(32,33)34)16-26(17-25)39-19-24(36-20-39)9-13-38-10-4-5-11-38/h2-3,6-8,12,14-20H,4-5,9-11,13H2,1H3,(H,37,41). The van der Waals surface area contributed by atoms with E-state index < -0.39 is 17.6 Å². The third-order valence-corrected chi connectivity index (χ3v) is 7.51. The second-order valence-electron chi connectivity index (χ2n) is 10.4. The summed E-state index contributed by atoms with van der Waals surface area (Å²) in [6.07, 6.45) is 5.41. The van der Waals surface area contributed by atoms with Crippen LogP contribution in [0.5, 0.6) is 0 Å². The van der Waals surface area contributed by atoms with Crippen LogP contribution in [0.3, 0.4) is 0 Å². The number of nitrogens with one attached hydrogen (secondary N) is 1. The molecule has 1 aliphatic rings. The largest absolute Gasteiger partial charge is 0.416 e. The van der Waals surface area contributed by atoms with E-state index in [2.05, 4.69) is 20.2 Å². The maximum absolute atomic E-state index is 13.9. The molecule has 10 heteroatoms. The number of amides is 1. The van der Waals surface area contributed by atoms with Crippen molar-refractivity contribution in [2.24, 2.45) is 0 Å². The number of imidazole rings is 2. The van der Waals surface area contributed by atoms with Crippen LogP contribution in [0.4, 0.5) is 18.9 Å². The van der Waals surface area contributed by atoms with Gasteiger partial charge < -0.3 is 14.8 Å². The minimum absolute atomic E-state index is 0.0454. The molecule has 0 aliphatic carbocycles. The maximum Gasteiger partial charge on any atom is 0.416 e. The number of hydrogen-bond acceptors (Lipinski definition) is 4. The van der Waals surface area contributed by atoms with Crippen LogP contribution in [0.15, 0.2) is 79.5 Å². The number of fused-ring (bicyclic) bond motifs is 1. The van der Waals surface area contributed by atoms with Crippen molar-refractivity contribution in [1.82, 2.24) is 23.8 Å². The topological polar surface area (TPSA) is 67.5 Å². The highest BCUT2D eigenvalue weighted by atomic mass is 19.4. The van der Waals surface area contributed by atoms with E-state index in [1.807, 2.05) is 41.8 Å². The molecular weight excluding hydrogens is 529 g/mol. The molecule has 0 radical (unpaired) electrons. The molecule has 1 N–H and O–H groups in total. The SMILES string of the molecule is Cc1ccc(C(=O)Nc2cc(-n3cnc(CCN4CCCC4)c3)cc(C(F)(F)F)c2)cc1-c1cnc2ccccn12. The summed E-state index contributed by atoms with van der Waals surface area (Å²) < 4.78 is 45.1. The lowest BCUT2D eigenvalue weighted by molar-refractivity contribution is -0.137. The van der Waals surface area contributed by atoms with E-state index in [4.69, 9.17) is 0 Å². The first-order chi connectivity index (χ1) is 19.7. The van der Waals surface area contributed by atoms with Gasteiger partial charge in [-0.2, -0.15) is 13.2 Å². The molecular formula is C31H29F3N6O. The summed E-state index contributed by atoms with van der Waals surface area (Å²) in [5.74, 6) is -0.512. The highest BCUT2D eigenvalue weighted by Crippen LogP contribution is 2.33. The predicted octanol–water partition coefficient (Wildman–Crippen LogP) is 6.40. The van der Waals surface area contributed by atoms with Crippen molar-refractivity contribution in [1.29, 1.82) is 0 Å². The monoisotopic (exact) mass is 558 g/mol. The van der Waals surface area contributed by atoms with E-state index >= 15 is 0 Å². The Morgan fingerprint density at radius 3 is 2.66 bits per heavy atom. The van der Waals surface area contributed by atoms with Crippen LogP contribution in [0.2, 0.25) is 0 Å². The number of nitrogens with zero attached hydrogens (tertiary/aromatic N) is 5. The van der Waals surface area contributed by atoms with Gasteiger partial charge in [-0.05, 0) is 80.9 Å². The van der Waals surface area contributed by atoms with Crippen molar-refractivity contribution in [2.75, 3.05) is 25.0 Å². The number of aromatic nitrogens is 4. The van der Waals surface area contributed by atoms with Gasteiger partial charge in [0.15, 0.2) is 0 Å². The molecule has 210 valence electrons. The zero-order valence-electron chi connectivity index (χ0n) is 22.5. The van der Waals surface area contributed by atoms with E-state index in [0.717, 1.165) is 66.3 Å². The van der Waals surface area contributed by atoms with Crippen LogP contribution in [0.25, 0.3) is 22.6 Å². The Balaban J connectivity index is 1.27. The van der Waals surface area contributed by atoms with E-state index in [0.29, 0.717) is 5.56 Å². The first-order valence-corrected chi connectivity index (χ1v) is 13.6. The summed E-state index contributed by atoms with van der Waals surface area (Å²) >= 11 is 0. The van der Waals surface area contributed by atoms with Gasteiger partial charge in [0, 0.05) is 47.9 Å².